The molecule has 2 amide bonds. The van der Waals surface area contributed by atoms with Gasteiger partial charge in [-0.25, -0.2) is 9.59 Å². The standard InChI is InChI=1S/C11H20N2O5/c1-11(2,3)4-5-12-10(18)13-7(9(16)17)6-8(14)15/h7H,4-6H2,1-3H3,(H,14,15)(H,16,17)(H2,12,13,18). The summed E-state index contributed by atoms with van der Waals surface area (Å²) in [4.78, 5) is 32.5. The van der Waals surface area contributed by atoms with Gasteiger partial charge in [0.2, 0.25) is 0 Å². The third-order valence-electron chi connectivity index (χ3n) is 2.14. The molecule has 0 aromatic rings. The van der Waals surface area contributed by atoms with Crippen molar-refractivity contribution in [2.45, 2.75) is 39.7 Å². The second-order valence-electron chi connectivity index (χ2n) is 5.20. The number of carboxylic acids is 2. The van der Waals surface area contributed by atoms with Crippen molar-refractivity contribution in [2.24, 2.45) is 5.41 Å². The van der Waals surface area contributed by atoms with Gasteiger partial charge in [-0.05, 0) is 11.8 Å². The summed E-state index contributed by atoms with van der Waals surface area (Å²) < 4.78 is 0. The van der Waals surface area contributed by atoms with Gasteiger partial charge in [0.05, 0.1) is 6.42 Å². The van der Waals surface area contributed by atoms with E-state index < -0.39 is 30.4 Å². The smallest absolute Gasteiger partial charge is 0.326 e. The molecular weight excluding hydrogens is 240 g/mol. The summed E-state index contributed by atoms with van der Waals surface area (Å²) in [5.74, 6) is -2.65. The lowest BCUT2D eigenvalue weighted by molar-refractivity contribution is -0.145. The van der Waals surface area contributed by atoms with Crippen LogP contribution in [0.1, 0.15) is 33.6 Å². The monoisotopic (exact) mass is 260 g/mol. The van der Waals surface area contributed by atoms with Crippen LogP contribution >= 0.6 is 0 Å². The molecule has 7 nitrogen and oxygen atoms in total. The highest BCUT2D eigenvalue weighted by atomic mass is 16.4. The van der Waals surface area contributed by atoms with Crippen molar-refractivity contribution in [2.75, 3.05) is 6.54 Å². The molecule has 0 saturated heterocycles. The van der Waals surface area contributed by atoms with Crippen LogP contribution in [0.4, 0.5) is 4.79 Å². The number of urea groups is 1. The molecule has 0 aliphatic carbocycles. The summed E-state index contributed by atoms with van der Waals surface area (Å²) in [7, 11) is 0. The Bertz CT molecular complexity index is 322. The third kappa shape index (κ3) is 8.37. The van der Waals surface area contributed by atoms with Crippen molar-refractivity contribution >= 4 is 18.0 Å². The fourth-order valence-electron chi connectivity index (χ4n) is 1.14. The van der Waals surface area contributed by atoms with E-state index in [9.17, 15) is 14.4 Å². The number of amides is 2. The number of aliphatic carboxylic acids is 2. The predicted molar refractivity (Wildman–Crippen MR) is 64.3 cm³/mol. The van der Waals surface area contributed by atoms with E-state index in [1.165, 1.54) is 0 Å². The number of hydrogen-bond acceptors (Lipinski definition) is 3. The Morgan fingerprint density at radius 3 is 2.11 bits per heavy atom. The molecule has 0 aromatic heterocycles. The maximum atomic E-state index is 11.3. The van der Waals surface area contributed by atoms with Crippen LogP contribution in [-0.4, -0.2) is 40.8 Å². The average molecular weight is 260 g/mol. The number of carbonyl (C=O) groups is 3. The molecule has 0 aliphatic rings. The van der Waals surface area contributed by atoms with Gasteiger partial charge >= 0.3 is 18.0 Å². The molecule has 0 saturated carbocycles. The van der Waals surface area contributed by atoms with Gasteiger partial charge < -0.3 is 20.8 Å². The van der Waals surface area contributed by atoms with Gasteiger partial charge in [-0.1, -0.05) is 20.8 Å². The van der Waals surface area contributed by atoms with E-state index in [2.05, 4.69) is 10.6 Å². The van der Waals surface area contributed by atoms with Crippen molar-refractivity contribution in [1.82, 2.24) is 10.6 Å². The minimum Gasteiger partial charge on any atom is -0.481 e. The molecule has 0 spiro atoms. The maximum Gasteiger partial charge on any atom is 0.326 e. The van der Waals surface area contributed by atoms with E-state index in [1.807, 2.05) is 20.8 Å². The molecule has 1 atom stereocenters. The summed E-state index contributed by atoms with van der Waals surface area (Å²) in [6.07, 6.45) is 0.0825. The lowest BCUT2D eigenvalue weighted by Gasteiger charge is -2.19. The van der Waals surface area contributed by atoms with Gasteiger partial charge in [0.1, 0.15) is 6.04 Å². The predicted octanol–water partition coefficient (Wildman–Crippen LogP) is 0.650. The van der Waals surface area contributed by atoms with E-state index in [1.54, 1.807) is 0 Å². The molecular formula is C11H20N2O5. The molecule has 1 unspecified atom stereocenters. The number of nitrogens with one attached hydrogen (secondary N) is 2. The quantitative estimate of drug-likeness (QED) is 0.559. The van der Waals surface area contributed by atoms with Crippen molar-refractivity contribution < 1.29 is 24.6 Å². The van der Waals surface area contributed by atoms with Crippen LogP contribution in [0.3, 0.4) is 0 Å². The Morgan fingerprint density at radius 2 is 1.72 bits per heavy atom. The van der Waals surface area contributed by atoms with E-state index in [4.69, 9.17) is 10.2 Å². The van der Waals surface area contributed by atoms with Crippen molar-refractivity contribution in [3.63, 3.8) is 0 Å². The SMILES string of the molecule is CC(C)(C)CCNC(=O)NC(CC(=O)O)C(=O)O. The van der Waals surface area contributed by atoms with Gasteiger partial charge in [0, 0.05) is 6.54 Å². The fourth-order valence-corrected chi connectivity index (χ4v) is 1.14. The minimum atomic E-state index is -1.42. The first-order valence-electron chi connectivity index (χ1n) is 5.61. The Hall–Kier alpha value is -1.79. The maximum absolute atomic E-state index is 11.3. The summed E-state index contributed by atoms with van der Waals surface area (Å²) in [5, 5.41) is 21.8. The van der Waals surface area contributed by atoms with Gasteiger partial charge in [0.25, 0.3) is 0 Å². The number of rotatable bonds is 6. The van der Waals surface area contributed by atoms with E-state index in [0.29, 0.717) is 6.54 Å². The molecule has 7 heteroatoms. The largest absolute Gasteiger partial charge is 0.481 e. The van der Waals surface area contributed by atoms with Crippen LogP contribution in [0.2, 0.25) is 0 Å². The minimum absolute atomic E-state index is 0.0561. The number of hydrogen-bond donors (Lipinski definition) is 4. The van der Waals surface area contributed by atoms with Crippen molar-refractivity contribution in [3.05, 3.63) is 0 Å². The number of carbonyl (C=O) groups excluding carboxylic acids is 1. The van der Waals surface area contributed by atoms with Crippen LogP contribution in [0, 0.1) is 5.41 Å². The van der Waals surface area contributed by atoms with Gasteiger partial charge in [-0.15, -0.1) is 0 Å². The summed E-state index contributed by atoms with van der Waals surface area (Å²) in [5.41, 5.74) is 0.0561. The summed E-state index contributed by atoms with van der Waals surface area (Å²) >= 11 is 0. The zero-order valence-corrected chi connectivity index (χ0v) is 10.8. The fraction of sp³-hybridized carbons (Fsp3) is 0.727. The van der Waals surface area contributed by atoms with Crippen LogP contribution in [-0.2, 0) is 9.59 Å². The Kier molecular flexibility index (Phi) is 6.15. The Morgan fingerprint density at radius 1 is 1.17 bits per heavy atom. The van der Waals surface area contributed by atoms with Gasteiger partial charge in [-0.3, -0.25) is 4.79 Å². The summed E-state index contributed by atoms with van der Waals surface area (Å²) in [6, 6.07) is -2.09. The highest BCUT2D eigenvalue weighted by Gasteiger charge is 2.22. The normalized spacial score (nSPS) is 12.6. The molecule has 18 heavy (non-hydrogen) atoms. The average Bonchev–Trinajstić information content (AvgIpc) is 2.13. The first-order valence-corrected chi connectivity index (χ1v) is 5.61. The number of carboxylic acid groups (broad SMARTS) is 2. The van der Waals surface area contributed by atoms with E-state index >= 15 is 0 Å². The highest BCUT2D eigenvalue weighted by molar-refractivity contribution is 5.86. The Balaban J connectivity index is 4.11. The lowest BCUT2D eigenvalue weighted by Crippen LogP contribution is -2.47. The molecule has 0 bridgehead atoms. The van der Waals surface area contributed by atoms with Crippen LogP contribution in [0.25, 0.3) is 0 Å². The van der Waals surface area contributed by atoms with Crippen molar-refractivity contribution in [3.8, 4) is 0 Å². The third-order valence-corrected chi connectivity index (χ3v) is 2.14. The summed E-state index contributed by atoms with van der Waals surface area (Å²) in [6.45, 7) is 6.43. The zero-order chi connectivity index (χ0) is 14.3. The molecule has 0 aromatic carbocycles. The first kappa shape index (κ1) is 16.2. The van der Waals surface area contributed by atoms with E-state index in [-0.39, 0.29) is 5.41 Å². The molecule has 0 fully saturated rings. The van der Waals surface area contributed by atoms with Crippen LogP contribution < -0.4 is 10.6 Å². The molecule has 104 valence electrons. The first-order chi connectivity index (χ1) is 8.11. The van der Waals surface area contributed by atoms with E-state index in [0.717, 1.165) is 6.42 Å². The van der Waals surface area contributed by atoms with Gasteiger partial charge in [-0.2, -0.15) is 0 Å². The van der Waals surface area contributed by atoms with Crippen LogP contribution in [0.5, 0.6) is 0 Å². The molecule has 0 radical (unpaired) electrons. The van der Waals surface area contributed by atoms with Gasteiger partial charge in [0.15, 0.2) is 0 Å². The lowest BCUT2D eigenvalue weighted by atomic mass is 9.92. The Labute approximate surface area is 106 Å². The molecule has 0 rings (SSSR count). The second kappa shape index (κ2) is 6.83. The second-order valence-corrected chi connectivity index (χ2v) is 5.20. The molecule has 0 aliphatic heterocycles. The van der Waals surface area contributed by atoms with Crippen LogP contribution in [0.15, 0.2) is 0 Å². The molecule has 4 N–H and O–H groups in total. The zero-order valence-electron chi connectivity index (χ0n) is 10.8. The van der Waals surface area contributed by atoms with Crippen molar-refractivity contribution in [1.29, 1.82) is 0 Å². The molecule has 0 heterocycles. The topological polar surface area (TPSA) is 116 Å². The highest BCUT2D eigenvalue weighted by Crippen LogP contribution is 2.16.